The van der Waals surface area contributed by atoms with Crippen LogP contribution >= 0.6 is 0 Å². The zero-order valence-electron chi connectivity index (χ0n) is 9.77. The van der Waals surface area contributed by atoms with E-state index >= 15 is 0 Å². The van der Waals surface area contributed by atoms with Gasteiger partial charge in [0, 0.05) is 0 Å². The van der Waals surface area contributed by atoms with E-state index < -0.39 is 0 Å². The Labute approximate surface area is 98.5 Å². The molecular weight excluding hydrogens is 236 g/mol. The van der Waals surface area contributed by atoms with E-state index in [9.17, 15) is 5.11 Å². The highest BCUT2D eigenvalue weighted by molar-refractivity contribution is 4.89. The summed E-state index contributed by atoms with van der Waals surface area (Å²) < 4.78 is 0. The van der Waals surface area contributed by atoms with Crippen molar-refractivity contribution in [1.82, 2.24) is 0 Å². The van der Waals surface area contributed by atoms with Crippen LogP contribution in [0.25, 0.3) is 0 Å². The van der Waals surface area contributed by atoms with E-state index in [1.54, 1.807) is 0 Å². The molecule has 0 spiro atoms. The van der Waals surface area contributed by atoms with Crippen LogP contribution < -0.4 is 0 Å². The zero-order chi connectivity index (χ0) is 12.7. The standard InChI is InChI=1S/C9H18O8/c1-6(2)3-8-7(4-9(8)10)5-12-14-16-17-15-13-11/h6-11H,3-5H2,1-2H3. The van der Waals surface area contributed by atoms with Crippen molar-refractivity contribution in [2.45, 2.75) is 32.8 Å². The largest absolute Gasteiger partial charge is 0.393 e. The van der Waals surface area contributed by atoms with E-state index in [2.05, 4.69) is 43.9 Å². The van der Waals surface area contributed by atoms with Crippen molar-refractivity contribution in [3.8, 4) is 0 Å². The van der Waals surface area contributed by atoms with Crippen molar-refractivity contribution in [3.05, 3.63) is 0 Å². The summed E-state index contributed by atoms with van der Waals surface area (Å²) in [6.45, 7) is 4.48. The van der Waals surface area contributed by atoms with Crippen molar-refractivity contribution >= 4 is 0 Å². The second kappa shape index (κ2) is 7.90. The highest BCUT2D eigenvalue weighted by Gasteiger charge is 2.40. The van der Waals surface area contributed by atoms with Gasteiger partial charge < -0.3 is 5.11 Å². The molecule has 0 aromatic heterocycles. The fourth-order valence-corrected chi connectivity index (χ4v) is 2.03. The van der Waals surface area contributed by atoms with Gasteiger partial charge in [0.2, 0.25) is 0 Å². The van der Waals surface area contributed by atoms with Gasteiger partial charge in [-0.25, -0.2) is 10.1 Å². The van der Waals surface area contributed by atoms with Gasteiger partial charge >= 0.3 is 0 Å². The Kier molecular flexibility index (Phi) is 6.85. The van der Waals surface area contributed by atoms with E-state index in [1.807, 2.05) is 0 Å². The predicted octanol–water partition coefficient (Wildman–Crippen LogP) is 1.18. The van der Waals surface area contributed by atoms with Crippen LogP contribution in [-0.4, -0.2) is 23.1 Å². The molecule has 8 nitrogen and oxygen atoms in total. The monoisotopic (exact) mass is 254 g/mol. The molecule has 17 heavy (non-hydrogen) atoms. The Hall–Kier alpha value is -0.320. The molecular formula is C9H18O8. The van der Waals surface area contributed by atoms with Crippen LogP contribution in [0.3, 0.4) is 0 Å². The van der Waals surface area contributed by atoms with Gasteiger partial charge in [-0.05, 0) is 55.8 Å². The molecule has 3 atom stereocenters. The molecule has 1 aliphatic carbocycles. The molecule has 0 amide bonds. The lowest BCUT2D eigenvalue weighted by molar-refractivity contribution is -0.787. The molecule has 1 fully saturated rings. The Morgan fingerprint density at radius 2 is 1.88 bits per heavy atom. The van der Waals surface area contributed by atoms with E-state index in [0.717, 1.165) is 6.42 Å². The number of hydrogen-bond donors (Lipinski definition) is 2. The molecule has 0 aliphatic heterocycles. The summed E-state index contributed by atoms with van der Waals surface area (Å²) in [5.74, 6) is 0.968. The van der Waals surface area contributed by atoms with Gasteiger partial charge in [-0.3, -0.25) is 0 Å². The average molecular weight is 254 g/mol. The molecule has 8 heteroatoms. The molecule has 1 saturated carbocycles. The smallest absolute Gasteiger partial charge is 0.0887 e. The molecule has 0 heterocycles. The van der Waals surface area contributed by atoms with Gasteiger partial charge in [-0.1, -0.05) is 13.8 Å². The van der Waals surface area contributed by atoms with Crippen LogP contribution in [0.1, 0.15) is 26.7 Å². The first-order valence-corrected chi connectivity index (χ1v) is 5.43. The van der Waals surface area contributed by atoms with Gasteiger partial charge in [0.25, 0.3) is 0 Å². The highest BCUT2D eigenvalue weighted by Crippen LogP contribution is 2.39. The summed E-state index contributed by atoms with van der Waals surface area (Å²) in [5, 5.41) is 35.4. The topological polar surface area (TPSA) is 95.8 Å². The van der Waals surface area contributed by atoms with Crippen molar-refractivity contribution in [2.75, 3.05) is 6.61 Å². The van der Waals surface area contributed by atoms with Crippen LogP contribution in [0, 0.1) is 17.8 Å². The third-order valence-corrected chi connectivity index (χ3v) is 2.83. The maximum atomic E-state index is 9.58. The van der Waals surface area contributed by atoms with E-state index in [0.29, 0.717) is 12.3 Å². The van der Waals surface area contributed by atoms with Gasteiger partial charge in [0.15, 0.2) is 0 Å². The zero-order valence-corrected chi connectivity index (χ0v) is 9.77. The molecule has 102 valence electrons. The lowest BCUT2D eigenvalue weighted by Crippen LogP contribution is -2.44. The fraction of sp³-hybridized carbons (Fsp3) is 1.00. The summed E-state index contributed by atoms with van der Waals surface area (Å²) in [6, 6.07) is 0. The van der Waals surface area contributed by atoms with E-state index in [4.69, 9.17) is 5.26 Å². The number of rotatable bonds is 9. The maximum Gasteiger partial charge on any atom is 0.0887 e. The molecule has 0 radical (unpaired) electrons. The normalized spacial score (nSPS) is 28.4. The fourth-order valence-electron chi connectivity index (χ4n) is 2.03. The quantitative estimate of drug-likeness (QED) is 0.359. The Bertz CT molecular complexity index is 199. The van der Waals surface area contributed by atoms with Crippen LogP contribution in [0.2, 0.25) is 0 Å². The van der Waals surface area contributed by atoms with Crippen molar-refractivity contribution in [1.29, 1.82) is 0 Å². The predicted molar refractivity (Wildman–Crippen MR) is 51.1 cm³/mol. The number of aliphatic hydroxyl groups excluding tert-OH is 1. The summed E-state index contributed by atoms with van der Waals surface area (Å²) in [6.07, 6.45) is 1.35. The first kappa shape index (κ1) is 14.7. The first-order valence-electron chi connectivity index (χ1n) is 5.43. The van der Waals surface area contributed by atoms with E-state index in [1.165, 1.54) is 0 Å². The van der Waals surface area contributed by atoms with Crippen LogP contribution in [0.4, 0.5) is 0 Å². The minimum atomic E-state index is -0.269. The second-order valence-electron chi connectivity index (χ2n) is 4.49. The lowest BCUT2D eigenvalue weighted by atomic mass is 9.68. The molecule has 2 N–H and O–H groups in total. The van der Waals surface area contributed by atoms with Gasteiger partial charge in [0.1, 0.15) is 0 Å². The molecule has 1 rings (SSSR count). The average Bonchev–Trinajstić information content (AvgIpc) is 2.29. The van der Waals surface area contributed by atoms with Gasteiger partial charge in [-0.2, -0.15) is 0 Å². The van der Waals surface area contributed by atoms with Gasteiger partial charge in [-0.15, -0.1) is 0 Å². The van der Waals surface area contributed by atoms with Crippen LogP contribution in [-0.2, 0) is 30.1 Å². The lowest BCUT2D eigenvalue weighted by Gasteiger charge is -2.42. The van der Waals surface area contributed by atoms with Crippen molar-refractivity contribution in [2.24, 2.45) is 17.8 Å². The second-order valence-corrected chi connectivity index (χ2v) is 4.49. The van der Waals surface area contributed by atoms with E-state index in [-0.39, 0.29) is 24.5 Å². The van der Waals surface area contributed by atoms with Gasteiger partial charge in [0.05, 0.1) is 12.7 Å². The van der Waals surface area contributed by atoms with Crippen molar-refractivity contribution in [3.63, 3.8) is 0 Å². The summed E-state index contributed by atoms with van der Waals surface area (Å²) in [5.41, 5.74) is 0. The maximum absolute atomic E-state index is 9.58. The number of hydrogen-bond acceptors (Lipinski definition) is 8. The molecule has 3 unspecified atom stereocenters. The van der Waals surface area contributed by atoms with Crippen LogP contribution in [0.15, 0.2) is 0 Å². The SMILES string of the molecule is CC(C)CC1C(O)CC1COOOOOOO. The Morgan fingerprint density at radius 1 is 1.18 bits per heavy atom. The number of aliphatic hydroxyl groups is 1. The molecule has 0 aromatic rings. The molecule has 0 aromatic carbocycles. The van der Waals surface area contributed by atoms with Crippen molar-refractivity contribution < 1.29 is 40.4 Å². The Balaban J connectivity index is 2.03. The Morgan fingerprint density at radius 3 is 2.47 bits per heavy atom. The summed E-state index contributed by atoms with van der Waals surface area (Å²) >= 11 is 0. The minimum absolute atomic E-state index is 0.219. The first-order chi connectivity index (χ1) is 8.15. The highest BCUT2D eigenvalue weighted by atomic mass is 17.9. The third-order valence-electron chi connectivity index (χ3n) is 2.83. The third kappa shape index (κ3) is 5.23. The molecule has 0 saturated heterocycles. The molecule has 1 aliphatic rings. The summed E-state index contributed by atoms with van der Waals surface area (Å²) in [7, 11) is 0. The van der Waals surface area contributed by atoms with Crippen LogP contribution in [0.5, 0.6) is 0 Å². The molecule has 0 bridgehead atoms. The minimum Gasteiger partial charge on any atom is -0.393 e. The summed E-state index contributed by atoms with van der Waals surface area (Å²) in [4.78, 5) is 4.67.